The van der Waals surface area contributed by atoms with Crippen molar-refractivity contribution in [1.82, 2.24) is 20.0 Å². The summed E-state index contributed by atoms with van der Waals surface area (Å²) in [6.45, 7) is 5.15. The van der Waals surface area contributed by atoms with Crippen molar-refractivity contribution in [3.05, 3.63) is 84.2 Å². The molecule has 2 aromatic heterocycles. The lowest BCUT2D eigenvalue weighted by molar-refractivity contribution is -0.128. The zero-order valence-corrected chi connectivity index (χ0v) is 20.2. The van der Waals surface area contributed by atoms with Gasteiger partial charge < -0.3 is 14.7 Å². The summed E-state index contributed by atoms with van der Waals surface area (Å²) < 4.78 is 5.46. The van der Waals surface area contributed by atoms with Gasteiger partial charge in [-0.2, -0.15) is 4.98 Å². The van der Waals surface area contributed by atoms with Crippen molar-refractivity contribution in [2.45, 2.75) is 32.7 Å². The van der Waals surface area contributed by atoms with E-state index in [1.165, 1.54) is 5.56 Å². The highest BCUT2D eigenvalue weighted by atomic mass is 16.5. The zero-order valence-electron chi connectivity index (χ0n) is 20.2. The van der Waals surface area contributed by atoms with Gasteiger partial charge in [-0.1, -0.05) is 49.3 Å². The number of hydrogen-bond acceptors (Lipinski definition) is 6. The van der Waals surface area contributed by atoms with E-state index in [9.17, 15) is 9.59 Å². The molecule has 0 spiro atoms. The number of carbonyl (C=O) groups excluding carboxylic acids is 2. The quantitative estimate of drug-likeness (QED) is 0.403. The van der Waals surface area contributed by atoms with Crippen molar-refractivity contribution < 1.29 is 14.1 Å². The number of carbonyl (C=O) groups is 2. The van der Waals surface area contributed by atoms with Gasteiger partial charge in [0.1, 0.15) is 0 Å². The molecule has 0 radical (unpaired) electrons. The van der Waals surface area contributed by atoms with Crippen LogP contribution in [0.2, 0.25) is 0 Å². The van der Waals surface area contributed by atoms with Crippen molar-refractivity contribution in [1.29, 1.82) is 0 Å². The normalized spacial score (nSPS) is 15.5. The molecule has 8 heteroatoms. The van der Waals surface area contributed by atoms with Crippen molar-refractivity contribution >= 4 is 17.5 Å². The van der Waals surface area contributed by atoms with Crippen LogP contribution in [0.1, 0.15) is 37.3 Å². The molecular formula is C28H27N5O3. The largest absolute Gasteiger partial charge is 0.337 e. The van der Waals surface area contributed by atoms with Gasteiger partial charge in [0.15, 0.2) is 0 Å². The lowest BCUT2D eigenvalue weighted by Gasteiger charge is -2.16. The van der Waals surface area contributed by atoms with Gasteiger partial charge in [0.2, 0.25) is 17.6 Å². The van der Waals surface area contributed by atoms with Crippen LogP contribution in [0.25, 0.3) is 22.8 Å². The minimum atomic E-state index is -0.394. The Morgan fingerprint density at radius 1 is 1.08 bits per heavy atom. The Kier molecular flexibility index (Phi) is 6.58. The van der Waals surface area contributed by atoms with E-state index in [0.717, 1.165) is 16.7 Å². The van der Waals surface area contributed by atoms with E-state index in [-0.39, 0.29) is 18.2 Å². The fourth-order valence-electron chi connectivity index (χ4n) is 4.23. The lowest BCUT2D eigenvalue weighted by atomic mass is 10.0. The summed E-state index contributed by atoms with van der Waals surface area (Å²) in [5.74, 6) is 0.797. The monoisotopic (exact) mass is 481 g/mol. The molecule has 2 aromatic carbocycles. The first-order chi connectivity index (χ1) is 17.5. The Balaban J connectivity index is 1.20. The van der Waals surface area contributed by atoms with Gasteiger partial charge in [0, 0.05) is 48.7 Å². The number of anilines is 1. The SMILES string of the molecule is CC(C)c1ccc(-c2noc(-c3ccc(NC(=O)C4CC(=O)N(Cc5cccnc5)C4)cc3)n2)cc1. The van der Waals surface area contributed by atoms with Crippen LogP contribution in [0.4, 0.5) is 5.69 Å². The van der Waals surface area contributed by atoms with Gasteiger partial charge in [-0.25, -0.2) is 0 Å². The number of hydrogen-bond donors (Lipinski definition) is 1. The summed E-state index contributed by atoms with van der Waals surface area (Å²) in [4.78, 5) is 35.5. The fourth-order valence-corrected chi connectivity index (χ4v) is 4.23. The summed E-state index contributed by atoms with van der Waals surface area (Å²) in [5.41, 5.74) is 4.49. The summed E-state index contributed by atoms with van der Waals surface area (Å²) in [7, 11) is 0. The van der Waals surface area contributed by atoms with Crippen molar-refractivity contribution in [2.75, 3.05) is 11.9 Å². The zero-order chi connectivity index (χ0) is 25.1. The standard InChI is InChI=1S/C28H27N5O3/c1-18(2)20-5-7-21(8-6-20)26-31-28(36-32-26)22-9-11-24(12-10-22)30-27(35)23-14-25(34)33(17-23)16-19-4-3-13-29-15-19/h3-13,15,18,23H,14,16-17H2,1-2H3,(H,30,35). The van der Waals surface area contributed by atoms with E-state index in [2.05, 4.69) is 46.4 Å². The lowest BCUT2D eigenvalue weighted by Crippen LogP contribution is -2.28. The number of nitrogens with zero attached hydrogens (tertiary/aromatic N) is 4. The molecule has 0 aliphatic carbocycles. The molecule has 3 heterocycles. The minimum absolute atomic E-state index is 0.0274. The van der Waals surface area contributed by atoms with Crippen molar-refractivity contribution in [3.8, 4) is 22.8 Å². The number of likely N-dealkylation sites (tertiary alicyclic amines) is 1. The molecule has 1 fully saturated rings. The number of benzene rings is 2. The highest BCUT2D eigenvalue weighted by Gasteiger charge is 2.34. The van der Waals surface area contributed by atoms with Gasteiger partial charge in [-0.3, -0.25) is 14.6 Å². The molecule has 1 aliphatic heterocycles. The molecule has 1 unspecified atom stereocenters. The topological polar surface area (TPSA) is 101 Å². The molecule has 1 saturated heterocycles. The minimum Gasteiger partial charge on any atom is -0.337 e. The van der Waals surface area contributed by atoms with Crippen LogP contribution in [-0.4, -0.2) is 38.4 Å². The van der Waals surface area contributed by atoms with Gasteiger partial charge in [-0.15, -0.1) is 0 Å². The molecule has 2 amide bonds. The summed E-state index contributed by atoms with van der Waals surface area (Å²) >= 11 is 0. The number of nitrogens with one attached hydrogen (secondary N) is 1. The fraction of sp³-hybridized carbons (Fsp3) is 0.250. The van der Waals surface area contributed by atoms with Gasteiger partial charge >= 0.3 is 0 Å². The van der Waals surface area contributed by atoms with E-state index in [4.69, 9.17) is 4.52 Å². The Morgan fingerprint density at radius 2 is 1.83 bits per heavy atom. The van der Waals surface area contributed by atoms with Crippen LogP contribution in [0.15, 0.2) is 77.6 Å². The molecule has 36 heavy (non-hydrogen) atoms. The number of rotatable bonds is 7. The van der Waals surface area contributed by atoms with Gasteiger partial charge in [0.05, 0.1) is 5.92 Å². The van der Waals surface area contributed by atoms with Crippen LogP contribution >= 0.6 is 0 Å². The molecule has 1 N–H and O–H groups in total. The van der Waals surface area contributed by atoms with E-state index in [1.54, 1.807) is 29.4 Å². The van der Waals surface area contributed by atoms with Crippen LogP contribution < -0.4 is 5.32 Å². The third-order valence-corrected chi connectivity index (χ3v) is 6.34. The average molecular weight is 482 g/mol. The summed E-state index contributed by atoms with van der Waals surface area (Å²) in [6, 6.07) is 19.1. The molecule has 0 bridgehead atoms. The first kappa shape index (κ1) is 23.4. The molecule has 8 nitrogen and oxygen atoms in total. The number of aromatic nitrogens is 3. The van der Waals surface area contributed by atoms with E-state index >= 15 is 0 Å². The Morgan fingerprint density at radius 3 is 2.53 bits per heavy atom. The van der Waals surface area contributed by atoms with Crippen LogP contribution in [0, 0.1) is 5.92 Å². The Bertz CT molecular complexity index is 1350. The number of amides is 2. The highest BCUT2D eigenvalue weighted by molar-refractivity contribution is 5.97. The molecule has 182 valence electrons. The maximum Gasteiger partial charge on any atom is 0.258 e. The van der Waals surface area contributed by atoms with E-state index in [1.807, 2.05) is 36.4 Å². The van der Waals surface area contributed by atoms with Crippen molar-refractivity contribution in [3.63, 3.8) is 0 Å². The Labute approximate surface area is 209 Å². The second kappa shape index (κ2) is 10.1. The second-order valence-corrected chi connectivity index (χ2v) is 9.30. The molecular weight excluding hydrogens is 454 g/mol. The van der Waals surface area contributed by atoms with Gasteiger partial charge in [0.25, 0.3) is 5.89 Å². The molecule has 4 aromatic rings. The van der Waals surface area contributed by atoms with Gasteiger partial charge in [-0.05, 0) is 47.4 Å². The highest BCUT2D eigenvalue weighted by Crippen LogP contribution is 2.26. The summed E-state index contributed by atoms with van der Waals surface area (Å²) in [5, 5.41) is 7.02. The maximum absolute atomic E-state index is 12.8. The maximum atomic E-state index is 12.8. The predicted octanol–water partition coefficient (Wildman–Crippen LogP) is 4.91. The molecule has 5 rings (SSSR count). The molecule has 0 saturated carbocycles. The Hall–Kier alpha value is -4.33. The van der Waals surface area contributed by atoms with E-state index < -0.39 is 5.92 Å². The first-order valence-corrected chi connectivity index (χ1v) is 12.0. The summed E-state index contributed by atoms with van der Waals surface area (Å²) in [6.07, 6.45) is 3.63. The van der Waals surface area contributed by atoms with Crippen LogP contribution in [0.3, 0.4) is 0 Å². The predicted molar refractivity (Wildman–Crippen MR) is 136 cm³/mol. The third kappa shape index (κ3) is 5.17. The second-order valence-electron chi connectivity index (χ2n) is 9.30. The average Bonchev–Trinajstić information content (AvgIpc) is 3.53. The number of pyridine rings is 1. The first-order valence-electron chi connectivity index (χ1n) is 12.0. The smallest absolute Gasteiger partial charge is 0.258 e. The van der Waals surface area contributed by atoms with Crippen LogP contribution in [-0.2, 0) is 16.1 Å². The third-order valence-electron chi connectivity index (χ3n) is 6.34. The van der Waals surface area contributed by atoms with E-state index in [0.29, 0.717) is 36.4 Å². The molecule has 1 atom stereocenters. The van der Waals surface area contributed by atoms with Crippen LogP contribution in [0.5, 0.6) is 0 Å². The molecule has 1 aliphatic rings. The van der Waals surface area contributed by atoms with Crippen molar-refractivity contribution in [2.24, 2.45) is 5.92 Å².